The van der Waals surface area contributed by atoms with Crippen LogP contribution >= 0.6 is 11.8 Å². The molecule has 0 bridgehead atoms. The van der Waals surface area contributed by atoms with E-state index in [-0.39, 0.29) is 16.4 Å². The largest absolute Gasteiger partial charge is 0.508 e. The maximum atomic E-state index is 12.5. The van der Waals surface area contributed by atoms with Gasteiger partial charge in [0.2, 0.25) is 0 Å². The minimum atomic E-state index is 0.0208. The highest BCUT2D eigenvalue weighted by Gasteiger charge is 2.51. The minimum Gasteiger partial charge on any atom is -0.508 e. The molecule has 1 aliphatic carbocycles. The molecular weight excluding hydrogens is 322 g/mol. The predicted molar refractivity (Wildman–Crippen MR) is 95.5 cm³/mol. The molecule has 3 aliphatic rings. The van der Waals surface area contributed by atoms with E-state index in [0.717, 1.165) is 37.8 Å². The Morgan fingerprint density at radius 2 is 2.12 bits per heavy atom. The van der Waals surface area contributed by atoms with Crippen molar-refractivity contribution in [1.82, 2.24) is 4.90 Å². The molecule has 4 rings (SSSR count). The van der Waals surface area contributed by atoms with Crippen molar-refractivity contribution >= 4 is 17.7 Å². The summed E-state index contributed by atoms with van der Waals surface area (Å²) in [5, 5.41) is 9.53. The molecule has 3 fully saturated rings. The lowest BCUT2D eigenvalue weighted by atomic mass is 9.92. The Morgan fingerprint density at radius 1 is 1.33 bits per heavy atom. The quantitative estimate of drug-likeness (QED) is 0.908. The summed E-state index contributed by atoms with van der Waals surface area (Å²) >= 11 is 1.97. The second-order valence-corrected chi connectivity index (χ2v) is 9.00. The number of rotatable bonds is 4. The van der Waals surface area contributed by atoms with Crippen molar-refractivity contribution in [2.24, 2.45) is 5.92 Å². The molecule has 130 valence electrons. The summed E-state index contributed by atoms with van der Waals surface area (Å²) < 4.78 is 6.36. The second kappa shape index (κ2) is 6.60. The zero-order chi connectivity index (χ0) is 16.6. The van der Waals surface area contributed by atoms with E-state index in [0.29, 0.717) is 11.7 Å². The number of carbonyl (C=O) groups is 1. The van der Waals surface area contributed by atoms with Gasteiger partial charge in [-0.2, -0.15) is 0 Å². The molecule has 1 saturated carbocycles. The van der Waals surface area contributed by atoms with E-state index in [4.69, 9.17) is 4.74 Å². The monoisotopic (exact) mass is 347 g/mol. The minimum absolute atomic E-state index is 0.0208. The van der Waals surface area contributed by atoms with Gasteiger partial charge in [-0.05, 0) is 43.4 Å². The van der Waals surface area contributed by atoms with Gasteiger partial charge >= 0.3 is 0 Å². The van der Waals surface area contributed by atoms with E-state index < -0.39 is 0 Å². The van der Waals surface area contributed by atoms with Crippen LogP contribution in [0.25, 0.3) is 0 Å². The number of aromatic hydroxyl groups is 1. The molecule has 0 unspecified atom stereocenters. The smallest absolute Gasteiger partial charge is 0.254 e. The highest BCUT2D eigenvalue weighted by Crippen LogP contribution is 2.46. The van der Waals surface area contributed by atoms with Gasteiger partial charge in [-0.25, -0.2) is 0 Å². The molecular formula is C19H25NO3S. The third kappa shape index (κ3) is 3.29. The third-order valence-corrected chi connectivity index (χ3v) is 7.13. The Balaban J connectivity index is 1.26. The first kappa shape index (κ1) is 16.3. The van der Waals surface area contributed by atoms with Crippen LogP contribution in [0.15, 0.2) is 24.3 Å². The van der Waals surface area contributed by atoms with Crippen LogP contribution in [0.2, 0.25) is 0 Å². The average Bonchev–Trinajstić information content (AvgIpc) is 3.20. The van der Waals surface area contributed by atoms with Gasteiger partial charge in [0.25, 0.3) is 5.91 Å². The first-order valence-electron chi connectivity index (χ1n) is 8.97. The van der Waals surface area contributed by atoms with Gasteiger partial charge < -0.3 is 14.7 Å². The summed E-state index contributed by atoms with van der Waals surface area (Å²) in [6, 6.07) is 6.62. The molecule has 1 spiro atoms. The number of carbonyl (C=O) groups excluding carboxylic acids is 1. The van der Waals surface area contributed by atoms with Crippen molar-refractivity contribution in [3.05, 3.63) is 29.8 Å². The fourth-order valence-corrected chi connectivity index (χ4v) is 5.75. The Bertz CT molecular complexity index is 608. The van der Waals surface area contributed by atoms with E-state index >= 15 is 0 Å². The molecule has 1 atom stereocenters. The maximum Gasteiger partial charge on any atom is 0.254 e. The van der Waals surface area contributed by atoms with Crippen molar-refractivity contribution in [1.29, 1.82) is 0 Å². The van der Waals surface area contributed by atoms with Crippen LogP contribution in [0, 0.1) is 5.92 Å². The molecule has 4 nitrogen and oxygen atoms in total. The highest BCUT2D eigenvalue weighted by atomic mass is 32.2. The first-order chi connectivity index (χ1) is 11.6. The van der Waals surface area contributed by atoms with Crippen LogP contribution in [-0.4, -0.2) is 52.2 Å². The Hall–Kier alpha value is -1.20. The summed E-state index contributed by atoms with van der Waals surface area (Å²) in [5.41, 5.74) is 0.571. The lowest BCUT2D eigenvalue weighted by Crippen LogP contribution is -2.60. The summed E-state index contributed by atoms with van der Waals surface area (Å²) in [6.45, 7) is 2.53. The van der Waals surface area contributed by atoms with Crippen molar-refractivity contribution in [3.8, 4) is 5.75 Å². The number of ether oxygens (including phenoxy) is 1. The van der Waals surface area contributed by atoms with E-state index in [9.17, 15) is 9.90 Å². The summed E-state index contributed by atoms with van der Waals surface area (Å²) in [4.78, 5) is 14.4. The van der Waals surface area contributed by atoms with Crippen molar-refractivity contribution in [2.75, 3.05) is 25.4 Å². The highest BCUT2D eigenvalue weighted by molar-refractivity contribution is 8.01. The van der Waals surface area contributed by atoms with E-state index in [1.807, 2.05) is 16.7 Å². The molecule has 2 aliphatic heterocycles. The number of benzene rings is 1. The molecule has 24 heavy (non-hydrogen) atoms. The fraction of sp³-hybridized carbons (Fsp3) is 0.632. The summed E-state index contributed by atoms with van der Waals surface area (Å²) in [5.74, 6) is 2.00. The van der Waals surface area contributed by atoms with Gasteiger partial charge in [0.1, 0.15) is 5.75 Å². The topological polar surface area (TPSA) is 49.8 Å². The molecule has 5 heteroatoms. The maximum absolute atomic E-state index is 12.5. The van der Waals surface area contributed by atoms with Crippen LogP contribution in [0.1, 0.15) is 42.5 Å². The van der Waals surface area contributed by atoms with Crippen molar-refractivity contribution in [2.45, 2.75) is 43.0 Å². The van der Waals surface area contributed by atoms with Crippen LogP contribution in [0.4, 0.5) is 0 Å². The molecule has 0 radical (unpaired) electrons. The number of thioether (sulfide) groups is 1. The fourth-order valence-electron chi connectivity index (χ4n) is 4.19. The van der Waals surface area contributed by atoms with Crippen molar-refractivity contribution in [3.63, 3.8) is 0 Å². The van der Waals surface area contributed by atoms with Gasteiger partial charge in [0.05, 0.1) is 10.9 Å². The Kier molecular flexibility index (Phi) is 4.48. The van der Waals surface area contributed by atoms with Crippen LogP contribution in [-0.2, 0) is 4.74 Å². The van der Waals surface area contributed by atoms with E-state index in [2.05, 4.69) is 0 Å². The first-order valence-corrected chi connectivity index (χ1v) is 9.96. The van der Waals surface area contributed by atoms with Crippen LogP contribution in [0.5, 0.6) is 5.75 Å². The molecule has 1 N–H and O–H groups in total. The number of likely N-dealkylation sites (tertiary alicyclic amines) is 1. The molecule has 0 aromatic heterocycles. The van der Waals surface area contributed by atoms with E-state index in [1.165, 1.54) is 25.7 Å². The molecule has 2 saturated heterocycles. The number of phenolic OH excluding ortho intramolecular Hbond substituents is 1. The summed E-state index contributed by atoms with van der Waals surface area (Å²) in [7, 11) is 0. The number of amides is 1. The Morgan fingerprint density at radius 3 is 2.88 bits per heavy atom. The second-order valence-electron chi connectivity index (χ2n) is 7.52. The summed E-state index contributed by atoms with van der Waals surface area (Å²) in [6.07, 6.45) is 6.81. The molecule has 1 amide bonds. The van der Waals surface area contributed by atoms with E-state index in [1.54, 1.807) is 24.3 Å². The van der Waals surface area contributed by atoms with Gasteiger partial charge in [-0.15, -0.1) is 11.8 Å². The predicted octanol–water partition coefficient (Wildman–Crippen LogP) is 3.30. The molecule has 1 aromatic rings. The van der Waals surface area contributed by atoms with Crippen molar-refractivity contribution < 1.29 is 14.6 Å². The van der Waals surface area contributed by atoms with Crippen LogP contribution in [0.3, 0.4) is 0 Å². The Labute approximate surface area is 147 Å². The van der Waals surface area contributed by atoms with Crippen LogP contribution < -0.4 is 0 Å². The zero-order valence-corrected chi connectivity index (χ0v) is 14.8. The van der Waals surface area contributed by atoms with Gasteiger partial charge in [0.15, 0.2) is 0 Å². The normalized spacial score (nSPS) is 26.0. The van der Waals surface area contributed by atoms with Gasteiger partial charge in [0, 0.05) is 31.0 Å². The number of phenols is 1. The SMILES string of the molecule is O=C(c1cccc(O)c1)N1CC2(C[C@H](OCC3CCCC3)CS2)C1. The lowest BCUT2D eigenvalue weighted by molar-refractivity contribution is 0.0197. The lowest BCUT2D eigenvalue weighted by Gasteiger charge is -2.47. The average molecular weight is 347 g/mol. The number of hydrogen-bond donors (Lipinski definition) is 1. The third-order valence-electron chi connectivity index (χ3n) is 5.56. The van der Waals surface area contributed by atoms with Gasteiger partial charge in [-0.1, -0.05) is 18.9 Å². The molecule has 2 heterocycles. The number of nitrogens with zero attached hydrogens (tertiary/aromatic N) is 1. The molecule has 1 aromatic carbocycles. The van der Waals surface area contributed by atoms with Gasteiger partial charge in [-0.3, -0.25) is 4.79 Å². The number of hydrogen-bond acceptors (Lipinski definition) is 4. The zero-order valence-electron chi connectivity index (χ0n) is 13.9. The standard InChI is InChI=1S/C19H25NO3S/c21-16-7-3-6-15(8-16)18(22)20-12-19(13-20)9-17(11-24-19)23-10-14-4-1-2-5-14/h3,6-8,14,17,21H,1-2,4-5,9-13H2/t17-/m0/s1.